The van der Waals surface area contributed by atoms with E-state index in [0.717, 1.165) is 72.8 Å². The zero-order valence-electron chi connectivity index (χ0n) is 37.3. The summed E-state index contributed by atoms with van der Waals surface area (Å²) < 4.78 is 13.5. The molecule has 0 bridgehead atoms. The van der Waals surface area contributed by atoms with Gasteiger partial charge in [0.15, 0.2) is 0 Å². The van der Waals surface area contributed by atoms with Crippen LogP contribution in [-0.2, 0) is 68.4 Å². The maximum atomic E-state index is 13.8. The zero-order valence-corrected chi connectivity index (χ0v) is 37.3. The maximum absolute atomic E-state index is 13.8. The van der Waals surface area contributed by atoms with Gasteiger partial charge in [-0.2, -0.15) is 0 Å². The molecule has 4 aromatic carbocycles. The molecular weight excluding hydrogens is 827 g/mol. The minimum atomic E-state index is -0.714. The molecule has 65 heavy (non-hydrogen) atoms. The largest absolute Gasteiger partial charge is 0.450 e. The van der Waals surface area contributed by atoms with Gasteiger partial charge in [0.2, 0.25) is 0 Å². The SMILES string of the molecule is CCCCOC(=O)NCc1cccc(CN=C=NCc2cccc(Cn3c(=O)n(CC)c(=O)n(Cc4cccc(CN=C=NCc5cccc(CNC(=O)OCCCC)c5)c4)c3=O)c2)c1. The molecule has 0 unspecified atom stereocenters. The number of ether oxygens (including phenoxy) is 2. The fourth-order valence-corrected chi connectivity index (χ4v) is 6.59. The number of aromatic nitrogens is 3. The van der Waals surface area contributed by atoms with E-state index in [1.54, 1.807) is 6.92 Å². The van der Waals surface area contributed by atoms with Crippen LogP contribution in [0.2, 0.25) is 0 Å². The quantitative estimate of drug-likeness (QED) is 0.0517. The minimum Gasteiger partial charge on any atom is -0.450 e. The Hall–Kier alpha value is -7.41. The summed E-state index contributed by atoms with van der Waals surface area (Å²) in [6, 6.07) is 35.6. The Morgan fingerprint density at radius 3 is 1.17 bits per heavy atom. The number of nitrogens with one attached hydrogen (secondary N) is 2. The lowest BCUT2D eigenvalue weighted by molar-refractivity contribution is 0.143. The molecule has 0 aliphatic heterocycles. The highest BCUT2D eigenvalue weighted by molar-refractivity contribution is 5.67. The first-order chi connectivity index (χ1) is 31.7. The zero-order chi connectivity index (χ0) is 46.2. The van der Waals surface area contributed by atoms with Crippen molar-refractivity contribution in [1.29, 1.82) is 0 Å². The number of carbonyl (C=O) groups is 2. The van der Waals surface area contributed by atoms with Gasteiger partial charge >= 0.3 is 29.3 Å². The summed E-state index contributed by atoms with van der Waals surface area (Å²) in [6.45, 7) is 8.47. The number of rotatable bonds is 23. The van der Waals surface area contributed by atoms with E-state index in [2.05, 4.69) is 42.6 Å². The van der Waals surface area contributed by atoms with Crippen LogP contribution in [0.1, 0.15) is 91.0 Å². The van der Waals surface area contributed by atoms with Crippen LogP contribution in [0.25, 0.3) is 0 Å². The average molecular weight is 884 g/mol. The van der Waals surface area contributed by atoms with Crippen molar-refractivity contribution in [2.24, 2.45) is 20.0 Å². The molecule has 1 aromatic heterocycles. The van der Waals surface area contributed by atoms with Crippen molar-refractivity contribution < 1.29 is 19.1 Å². The van der Waals surface area contributed by atoms with Gasteiger partial charge < -0.3 is 20.1 Å². The minimum absolute atomic E-state index is 0.0473. The molecule has 2 N–H and O–H groups in total. The van der Waals surface area contributed by atoms with E-state index in [1.165, 1.54) is 0 Å². The van der Waals surface area contributed by atoms with Crippen molar-refractivity contribution in [3.8, 4) is 0 Å². The van der Waals surface area contributed by atoms with Gasteiger partial charge in [-0.05, 0) is 64.3 Å². The van der Waals surface area contributed by atoms with Gasteiger partial charge in [0.05, 0.1) is 64.5 Å². The van der Waals surface area contributed by atoms with Crippen LogP contribution >= 0.6 is 0 Å². The number of amides is 2. The highest BCUT2D eigenvalue weighted by Gasteiger charge is 2.16. The summed E-state index contributed by atoms with van der Waals surface area (Å²) in [4.78, 5) is 81.8. The molecule has 0 saturated heterocycles. The van der Waals surface area contributed by atoms with Crippen molar-refractivity contribution in [3.05, 3.63) is 173 Å². The van der Waals surface area contributed by atoms with Crippen molar-refractivity contribution in [3.63, 3.8) is 0 Å². The number of hydrogen-bond donors (Lipinski definition) is 2. The molecule has 2 amide bonds. The van der Waals surface area contributed by atoms with Crippen LogP contribution in [0.15, 0.2) is 131 Å². The van der Waals surface area contributed by atoms with Crippen LogP contribution in [0, 0.1) is 0 Å². The molecule has 0 radical (unpaired) electrons. The highest BCUT2D eigenvalue weighted by atomic mass is 16.6. The molecule has 16 nitrogen and oxygen atoms in total. The number of benzene rings is 4. The monoisotopic (exact) mass is 883 g/mol. The average Bonchev–Trinajstić information content (AvgIpc) is 3.31. The number of alkyl carbamates (subject to hydrolysis) is 2. The molecule has 340 valence electrons. The number of unbranched alkanes of at least 4 members (excludes halogenated alkanes) is 2. The lowest BCUT2D eigenvalue weighted by Crippen LogP contribution is -2.54. The van der Waals surface area contributed by atoms with Crippen molar-refractivity contribution in [2.75, 3.05) is 13.2 Å². The normalized spacial score (nSPS) is 10.6. The van der Waals surface area contributed by atoms with Gasteiger partial charge in [-0.15, -0.1) is 0 Å². The Morgan fingerprint density at radius 2 is 0.815 bits per heavy atom. The van der Waals surface area contributed by atoms with Gasteiger partial charge in [0, 0.05) is 19.6 Å². The fourth-order valence-electron chi connectivity index (χ4n) is 6.59. The Bertz CT molecular complexity index is 2510. The number of hydrogen-bond acceptors (Lipinski definition) is 11. The molecule has 0 aliphatic rings. The fraction of sp³-hybridized carbons (Fsp3) is 0.367. The summed E-state index contributed by atoms with van der Waals surface area (Å²) in [6.07, 6.45) is 2.66. The topological polar surface area (TPSA) is 192 Å². The lowest BCUT2D eigenvalue weighted by atomic mass is 10.1. The molecule has 5 aromatic rings. The summed E-state index contributed by atoms with van der Waals surface area (Å²) >= 11 is 0. The maximum Gasteiger partial charge on any atom is 0.407 e. The molecule has 1 heterocycles. The summed E-state index contributed by atoms with van der Waals surface area (Å²) in [5.41, 5.74) is 4.65. The molecule has 0 saturated carbocycles. The van der Waals surface area contributed by atoms with Crippen LogP contribution in [0.5, 0.6) is 0 Å². The third kappa shape index (κ3) is 16.0. The molecular formula is C49H57N9O7. The van der Waals surface area contributed by atoms with Crippen LogP contribution in [0.4, 0.5) is 9.59 Å². The van der Waals surface area contributed by atoms with Crippen LogP contribution in [0.3, 0.4) is 0 Å². The Kier molecular flexibility index (Phi) is 19.6. The van der Waals surface area contributed by atoms with Crippen molar-refractivity contribution >= 4 is 24.2 Å². The first-order valence-corrected chi connectivity index (χ1v) is 21.9. The number of carbonyl (C=O) groups excluding carboxylic acids is 2. The molecule has 0 fully saturated rings. The Labute approximate surface area is 378 Å². The first kappa shape index (κ1) is 48.6. The smallest absolute Gasteiger partial charge is 0.407 e. The van der Waals surface area contributed by atoms with Gasteiger partial charge in [-0.25, -0.2) is 57.6 Å². The second-order valence-electron chi connectivity index (χ2n) is 15.2. The van der Waals surface area contributed by atoms with Crippen molar-refractivity contribution in [2.45, 2.75) is 105 Å². The number of aliphatic imine (C=N–C) groups is 4. The van der Waals surface area contributed by atoms with Crippen molar-refractivity contribution in [1.82, 2.24) is 24.3 Å². The van der Waals surface area contributed by atoms with E-state index in [4.69, 9.17) is 9.47 Å². The second-order valence-corrected chi connectivity index (χ2v) is 15.2. The Balaban J connectivity index is 1.18. The van der Waals surface area contributed by atoms with Gasteiger partial charge in [-0.1, -0.05) is 124 Å². The highest BCUT2D eigenvalue weighted by Crippen LogP contribution is 2.11. The summed E-state index contributed by atoms with van der Waals surface area (Å²) in [5.74, 6) is 0. The summed E-state index contributed by atoms with van der Waals surface area (Å²) in [7, 11) is 0. The van der Waals surface area contributed by atoms with E-state index >= 15 is 0 Å². The molecule has 16 heteroatoms. The van der Waals surface area contributed by atoms with E-state index in [1.807, 2.05) is 111 Å². The van der Waals surface area contributed by atoms with E-state index < -0.39 is 29.3 Å². The van der Waals surface area contributed by atoms with Gasteiger partial charge in [-0.3, -0.25) is 0 Å². The number of nitrogens with zero attached hydrogens (tertiary/aromatic N) is 7. The predicted molar refractivity (Wildman–Crippen MR) is 250 cm³/mol. The molecule has 0 aliphatic carbocycles. The summed E-state index contributed by atoms with van der Waals surface area (Å²) in [5, 5.41) is 5.51. The van der Waals surface area contributed by atoms with Crippen LogP contribution in [-0.4, -0.2) is 51.1 Å². The Morgan fingerprint density at radius 1 is 0.492 bits per heavy atom. The second kappa shape index (κ2) is 26.3. The first-order valence-electron chi connectivity index (χ1n) is 21.9. The predicted octanol–water partition coefficient (Wildman–Crippen LogP) is 7.09. The van der Waals surface area contributed by atoms with Gasteiger partial charge in [0.25, 0.3) is 0 Å². The molecule has 0 spiro atoms. The third-order valence-electron chi connectivity index (χ3n) is 10.0. The van der Waals surface area contributed by atoms with Gasteiger partial charge in [0.1, 0.15) is 0 Å². The standard InChI is InChI=1S/C49H57N9O7/c1-4-7-21-64-45(59)54-31-41-17-9-13-37(23-41)27-50-35-52-29-39-15-11-19-43(25-39)33-57-47(61)56(6-3)48(62)58(49(57)63)34-44-20-12-16-40(26-44)30-53-36-51-28-38-14-10-18-42(24-38)32-55-46(60)65-22-8-5-2/h9-20,23-26H,4-8,21-22,27-34H2,1-3H3,(H,54,59)(H,55,60). The molecule has 5 rings (SSSR count). The third-order valence-corrected chi connectivity index (χ3v) is 10.0. The molecule has 0 atom stereocenters. The van der Waals surface area contributed by atoms with Crippen LogP contribution < -0.4 is 27.7 Å². The van der Waals surface area contributed by atoms with E-state index in [9.17, 15) is 24.0 Å². The van der Waals surface area contributed by atoms with E-state index in [0.29, 0.717) is 50.5 Å². The lowest BCUT2D eigenvalue weighted by Gasteiger charge is -2.14. The van der Waals surface area contributed by atoms with E-state index in [-0.39, 0.29) is 32.7 Å².